The van der Waals surface area contributed by atoms with E-state index in [1.54, 1.807) is 25.3 Å². The van der Waals surface area contributed by atoms with Crippen LogP contribution in [0.3, 0.4) is 0 Å². The quantitative estimate of drug-likeness (QED) is 0.634. The van der Waals surface area contributed by atoms with Gasteiger partial charge in [0.25, 0.3) is 5.91 Å². The summed E-state index contributed by atoms with van der Waals surface area (Å²) in [6, 6.07) is 25.2. The van der Waals surface area contributed by atoms with Crippen molar-refractivity contribution in [1.82, 2.24) is 0 Å². The Labute approximate surface area is 170 Å². The van der Waals surface area contributed by atoms with Crippen LogP contribution in [0.15, 0.2) is 78.9 Å². The van der Waals surface area contributed by atoms with E-state index in [-0.39, 0.29) is 18.0 Å². The molecule has 0 heterocycles. The molecule has 3 N–H and O–H groups in total. The number of rotatable bonds is 7. The van der Waals surface area contributed by atoms with Gasteiger partial charge in [-0.25, -0.2) is 0 Å². The lowest BCUT2D eigenvalue weighted by Gasteiger charge is -2.21. The standard InChI is InChI=1S/C23H23ClN2O2/c1-16(23(27)26-20-15-19(24)13-14-21(20)28-2)25-22(17-9-5-3-6-10-17)18-11-7-4-8-12-18/h3-16,22,25H,1-2H3,(H,26,27)/p+1/t16-/m0/s1. The Morgan fingerprint density at radius 2 is 1.54 bits per heavy atom. The zero-order valence-electron chi connectivity index (χ0n) is 15.9. The molecule has 0 saturated carbocycles. The summed E-state index contributed by atoms with van der Waals surface area (Å²) in [7, 11) is 1.56. The van der Waals surface area contributed by atoms with Crippen LogP contribution in [0.4, 0.5) is 5.69 Å². The first-order valence-electron chi connectivity index (χ1n) is 9.17. The van der Waals surface area contributed by atoms with Gasteiger partial charge in [-0.15, -0.1) is 0 Å². The molecule has 3 rings (SSSR count). The minimum Gasteiger partial charge on any atom is -0.495 e. The minimum absolute atomic E-state index is 0.0180. The molecule has 5 heteroatoms. The average molecular weight is 396 g/mol. The number of carbonyl (C=O) groups excluding carboxylic acids is 1. The Kier molecular flexibility index (Phi) is 6.69. The van der Waals surface area contributed by atoms with Gasteiger partial charge in [-0.2, -0.15) is 0 Å². The van der Waals surface area contributed by atoms with E-state index in [1.165, 1.54) is 0 Å². The summed E-state index contributed by atoms with van der Waals surface area (Å²) in [4.78, 5) is 12.8. The molecule has 0 aromatic heterocycles. The summed E-state index contributed by atoms with van der Waals surface area (Å²) in [6.07, 6.45) is 0. The molecule has 1 amide bonds. The summed E-state index contributed by atoms with van der Waals surface area (Å²) in [5.41, 5.74) is 2.86. The minimum atomic E-state index is -0.325. The van der Waals surface area contributed by atoms with E-state index in [2.05, 4.69) is 34.9 Å². The summed E-state index contributed by atoms with van der Waals surface area (Å²) in [5.74, 6) is 0.463. The highest BCUT2D eigenvalue weighted by Crippen LogP contribution is 2.27. The highest BCUT2D eigenvalue weighted by Gasteiger charge is 2.25. The third-order valence-corrected chi connectivity index (χ3v) is 4.87. The Balaban J connectivity index is 1.79. The maximum Gasteiger partial charge on any atom is 0.282 e. The largest absolute Gasteiger partial charge is 0.495 e. The van der Waals surface area contributed by atoms with Crippen molar-refractivity contribution in [2.75, 3.05) is 12.4 Å². The Morgan fingerprint density at radius 1 is 0.964 bits per heavy atom. The van der Waals surface area contributed by atoms with Crippen molar-refractivity contribution >= 4 is 23.2 Å². The van der Waals surface area contributed by atoms with Crippen LogP contribution in [0.1, 0.15) is 24.1 Å². The molecule has 0 spiro atoms. The number of benzene rings is 3. The molecule has 0 aliphatic heterocycles. The van der Waals surface area contributed by atoms with E-state index in [0.29, 0.717) is 16.5 Å². The van der Waals surface area contributed by atoms with Crippen molar-refractivity contribution in [3.63, 3.8) is 0 Å². The van der Waals surface area contributed by atoms with Crippen molar-refractivity contribution in [3.8, 4) is 5.75 Å². The van der Waals surface area contributed by atoms with Gasteiger partial charge in [0.05, 0.1) is 12.8 Å². The van der Waals surface area contributed by atoms with Gasteiger partial charge < -0.3 is 15.4 Å². The van der Waals surface area contributed by atoms with Crippen LogP contribution in [-0.4, -0.2) is 19.1 Å². The number of halogens is 1. The smallest absolute Gasteiger partial charge is 0.282 e. The SMILES string of the molecule is COc1ccc(Cl)cc1NC(=O)[C@H](C)[NH2+]C(c1ccccc1)c1ccccc1. The number of nitrogens with one attached hydrogen (secondary N) is 1. The molecule has 0 aliphatic rings. The normalized spacial score (nSPS) is 11.9. The van der Waals surface area contributed by atoms with Gasteiger partial charge in [-0.1, -0.05) is 72.3 Å². The van der Waals surface area contributed by atoms with Crippen molar-refractivity contribution in [3.05, 3.63) is 95.0 Å². The van der Waals surface area contributed by atoms with E-state index < -0.39 is 0 Å². The monoisotopic (exact) mass is 395 g/mol. The lowest BCUT2D eigenvalue weighted by molar-refractivity contribution is -0.704. The number of ether oxygens (including phenoxy) is 1. The second-order valence-electron chi connectivity index (χ2n) is 6.61. The van der Waals surface area contributed by atoms with Crippen LogP contribution in [0.25, 0.3) is 0 Å². The zero-order chi connectivity index (χ0) is 19.9. The third kappa shape index (κ3) is 4.91. The average Bonchev–Trinajstić information content (AvgIpc) is 2.73. The first-order valence-corrected chi connectivity index (χ1v) is 9.55. The summed E-state index contributed by atoms with van der Waals surface area (Å²) in [6.45, 7) is 1.89. The van der Waals surface area contributed by atoms with Crippen molar-refractivity contribution in [2.45, 2.75) is 19.0 Å². The van der Waals surface area contributed by atoms with Gasteiger partial charge in [0.1, 0.15) is 11.8 Å². The van der Waals surface area contributed by atoms with Crippen LogP contribution in [0.2, 0.25) is 5.02 Å². The molecular weight excluding hydrogens is 372 g/mol. The molecule has 1 atom stereocenters. The fourth-order valence-electron chi connectivity index (χ4n) is 3.14. The fraction of sp³-hybridized carbons (Fsp3) is 0.174. The predicted octanol–water partition coefficient (Wildman–Crippen LogP) is 4.03. The summed E-state index contributed by atoms with van der Waals surface area (Å²) in [5, 5.41) is 5.54. The van der Waals surface area contributed by atoms with Crippen molar-refractivity contribution in [1.29, 1.82) is 0 Å². The summed E-state index contributed by atoms with van der Waals surface area (Å²) < 4.78 is 5.32. The maximum absolute atomic E-state index is 12.8. The number of amides is 1. The van der Waals surface area contributed by atoms with E-state index in [1.807, 2.05) is 43.3 Å². The van der Waals surface area contributed by atoms with Gasteiger partial charge in [-0.05, 0) is 25.1 Å². The number of quaternary nitrogens is 1. The first-order chi connectivity index (χ1) is 13.6. The second-order valence-corrected chi connectivity index (χ2v) is 7.05. The molecule has 3 aromatic rings. The molecule has 0 unspecified atom stereocenters. The molecule has 3 aromatic carbocycles. The van der Waals surface area contributed by atoms with Crippen LogP contribution < -0.4 is 15.4 Å². The van der Waals surface area contributed by atoms with Gasteiger partial charge in [0.2, 0.25) is 0 Å². The molecule has 0 radical (unpaired) electrons. The lowest BCUT2D eigenvalue weighted by Crippen LogP contribution is -2.92. The molecule has 4 nitrogen and oxygen atoms in total. The number of hydrogen-bond acceptors (Lipinski definition) is 2. The fourth-order valence-corrected chi connectivity index (χ4v) is 3.31. The molecule has 0 bridgehead atoms. The van der Waals surface area contributed by atoms with E-state index in [4.69, 9.17) is 16.3 Å². The Hall–Kier alpha value is -2.82. The molecule has 144 valence electrons. The number of nitrogens with two attached hydrogens (primary N) is 1. The Morgan fingerprint density at radius 3 is 2.07 bits per heavy atom. The Bertz CT molecular complexity index is 877. The van der Waals surface area contributed by atoms with Crippen molar-refractivity contribution in [2.24, 2.45) is 0 Å². The van der Waals surface area contributed by atoms with Gasteiger partial charge in [-0.3, -0.25) is 4.79 Å². The molecule has 28 heavy (non-hydrogen) atoms. The zero-order valence-corrected chi connectivity index (χ0v) is 16.7. The number of carbonyl (C=O) groups is 1. The topological polar surface area (TPSA) is 54.9 Å². The van der Waals surface area contributed by atoms with E-state index >= 15 is 0 Å². The van der Waals surface area contributed by atoms with Gasteiger partial charge in [0, 0.05) is 16.1 Å². The highest BCUT2D eigenvalue weighted by atomic mass is 35.5. The maximum atomic E-state index is 12.8. The van der Waals surface area contributed by atoms with Crippen LogP contribution in [0, 0.1) is 0 Å². The predicted molar refractivity (Wildman–Crippen MR) is 113 cm³/mol. The first kappa shape index (κ1) is 19.9. The van der Waals surface area contributed by atoms with E-state index in [0.717, 1.165) is 11.1 Å². The molecule has 0 fully saturated rings. The number of hydrogen-bond donors (Lipinski definition) is 2. The van der Waals surface area contributed by atoms with Gasteiger partial charge in [0.15, 0.2) is 6.04 Å². The third-order valence-electron chi connectivity index (χ3n) is 4.63. The number of anilines is 1. The molecule has 0 aliphatic carbocycles. The van der Waals surface area contributed by atoms with Crippen LogP contribution in [0.5, 0.6) is 5.75 Å². The van der Waals surface area contributed by atoms with E-state index in [9.17, 15) is 4.79 Å². The lowest BCUT2D eigenvalue weighted by atomic mass is 9.98. The second kappa shape index (κ2) is 9.40. The molecular formula is C23H24ClN2O2+. The molecule has 0 saturated heterocycles. The number of methoxy groups -OCH3 is 1. The van der Waals surface area contributed by atoms with Crippen molar-refractivity contribution < 1.29 is 14.8 Å². The summed E-state index contributed by atoms with van der Waals surface area (Å²) >= 11 is 6.07. The highest BCUT2D eigenvalue weighted by molar-refractivity contribution is 6.31. The van der Waals surface area contributed by atoms with Gasteiger partial charge >= 0.3 is 0 Å². The van der Waals surface area contributed by atoms with Crippen LogP contribution in [-0.2, 0) is 4.79 Å². The van der Waals surface area contributed by atoms with Crippen LogP contribution >= 0.6 is 11.6 Å².